The lowest BCUT2D eigenvalue weighted by molar-refractivity contribution is 0.0987. The minimum Gasteiger partial charge on any atom is -0.444 e. The van der Waals surface area contributed by atoms with Crippen molar-refractivity contribution < 1.29 is 13.6 Å². The van der Waals surface area contributed by atoms with E-state index in [4.69, 9.17) is 4.42 Å². The first-order chi connectivity index (χ1) is 14.6. The number of benzene rings is 2. The standard InChI is InChI=1S/C23H18FN3O2S/c1-25-17-5-2-14(3-6-17)23(28)27-10-8-15-12-20(22-26-9-11-29-22)30-21(15)18-7-4-16(24)13-19(18)27/h2-7,9,11-13,25H,8,10H2,1H3. The monoisotopic (exact) mass is 419 g/mol. The summed E-state index contributed by atoms with van der Waals surface area (Å²) in [7, 11) is 1.83. The summed E-state index contributed by atoms with van der Waals surface area (Å²) in [6.45, 7) is 0.456. The number of thiophene rings is 1. The maximum Gasteiger partial charge on any atom is 0.258 e. The van der Waals surface area contributed by atoms with E-state index in [1.54, 1.807) is 46.9 Å². The fourth-order valence-electron chi connectivity index (χ4n) is 3.71. The first kappa shape index (κ1) is 18.6. The van der Waals surface area contributed by atoms with Crippen molar-refractivity contribution in [2.75, 3.05) is 23.8 Å². The van der Waals surface area contributed by atoms with Crippen molar-refractivity contribution in [1.82, 2.24) is 4.98 Å². The molecule has 0 unspecified atom stereocenters. The lowest BCUT2D eigenvalue weighted by Crippen LogP contribution is -2.32. The van der Waals surface area contributed by atoms with Gasteiger partial charge in [-0.1, -0.05) is 0 Å². The van der Waals surface area contributed by atoms with Gasteiger partial charge in [0.2, 0.25) is 5.89 Å². The maximum atomic E-state index is 14.2. The van der Waals surface area contributed by atoms with Crippen LogP contribution in [0.1, 0.15) is 15.9 Å². The highest BCUT2D eigenvalue weighted by Gasteiger charge is 2.28. The number of halogens is 1. The Labute approximate surface area is 176 Å². The molecule has 5 nitrogen and oxygen atoms in total. The Bertz CT molecular complexity index is 1220. The summed E-state index contributed by atoms with van der Waals surface area (Å²) in [5.41, 5.74) is 4.01. The van der Waals surface area contributed by atoms with Crippen LogP contribution in [-0.4, -0.2) is 24.5 Å². The summed E-state index contributed by atoms with van der Waals surface area (Å²) in [5.74, 6) is 0.0480. The zero-order valence-electron chi connectivity index (χ0n) is 16.2. The van der Waals surface area contributed by atoms with Gasteiger partial charge < -0.3 is 14.6 Å². The molecule has 0 aliphatic carbocycles. The molecule has 3 heterocycles. The Morgan fingerprint density at radius 3 is 2.77 bits per heavy atom. The van der Waals surface area contributed by atoms with Gasteiger partial charge in [-0.15, -0.1) is 11.3 Å². The van der Waals surface area contributed by atoms with Gasteiger partial charge in [0.15, 0.2) is 0 Å². The third kappa shape index (κ3) is 3.17. The number of carbonyl (C=O) groups excluding carboxylic acids is 1. The van der Waals surface area contributed by atoms with Gasteiger partial charge in [-0.3, -0.25) is 4.79 Å². The third-order valence-corrected chi connectivity index (χ3v) is 6.42. The van der Waals surface area contributed by atoms with Gasteiger partial charge in [0.1, 0.15) is 12.1 Å². The van der Waals surface area contributed by atoms with E-state index in [1.165, 1.54) is 12.1 Å². The van der Waals surface area contributed by atoms with Gasteiger partial charge in [0, 0.05) is 35.3 Å². The smallest absolute Gasteiger partial charge is 0.258 e. The summed E-state index contributed by atoms with van der Waals surface area (Å²) >= 11 is 1.54. The lowest BCUT2D eigenvalue weighted by atomic mass is 10.1. The highest BCUT2D eigenvalue weighted by atomic mass is 32.1. The van der Waals surface area contributed by atoms with E-state index in [9.17, 15) is 9.18 Å². The van der Waals surface area contributed by atoms with Crippen LogP contribution in [0.5, 0.6) is 0 Å². The van der Waals surface area contributed by atoms with Crippen molar-refractivity contribution in [2.45, 2.75) is 6.42 Å². The van der Waals surface area contributed by atoms with Crippen LogP contribution in [0.25, 0.3) is 21.2 Å². The number of nitrogens with zero attached hydrogens (tertiary/aromatic N) is 2. The SMILES string of the molecule is CNc1ccc(C(=O)N2CCc3cc(-c4ncco4)sc3-c3ccc(F)cc32)cc1. The van der Waals surface area contributed by atoms with Crippen molar-refractivity contribution in [3.05, 3.63) is 77.9 Å². The molecular formula is C23H18FN3O2S. The molecule has 150 valence electrons. The molecular weight excluding hydrogens is 401 g/mol. The van der Waals surface area contributed by atoms with Crippen molar-refractivity contribution in [3.63, 3.8) is 0 Å². The molecule has 0 atom stereocenters. The predicted octanol–water partition coefficient (Wildman–Crippen LogP) is 5.45. The van der Waals surface area contributed by atoms with Crippen LogP contribution >= 0.6 is 11.3 Å². The summed E-state index contributed by atoms with van der Waals surface area (Å²) in [6.07, 6.45) is 3.82. The highest BCUT2D eigenvalue weighted by Crippen LogP contribution is 2.44. The van der Waals surface area contributed by atoms with E-state index < -0.39 is 0 Å². The summed E-state index contributed by atoms with van der Waals surface area (Å²) in [5, 5.41) is 3.05. The van der Waals surface area contributed by atoms with Gasteiger partial charge in [0.05, 0.1) is 16.8 Å². The molecule has 5 rings (SSSR count). The first-order valence-electron chi connectivity index (χ1n) is 9.56. The van der Waals surface area contributed by atoms with Gasteiger partial charge in [-0.05, 0) is 60.5 Å². The third-order valence-electron chi connectivity index (χ3n) is 5.22. The second-order valence-corrected chi connectivity index (χ2v) is 8.05. The number of carbonyl (C=O) groups is 1. The molecule has 7 heteroatoms. The number of fused-ring (bicyclic) bond motifs is 3. The molecule has 1 aliphatic heterocycles. The van der Waals surface area contributed by atoms with E-state index >= 15 is 0 Å². The summed E-state index contributed by atoms with van der Waals surface area (Å²) < 4.78 is 19.6. The largest absolute Gasteiger partial charge is 0.444 e. The van der Waals surface area contributed by atoms with Crippen molar-refractivity contribution in [3.8, 4) is 21.2 Å². The van der Waals surface area contributed by atoms with Crippen LogP contribution in [-0.2, 0) is 6.42 Å². The van der Waals surface area contributed by atoms with Crippen LogP contribution in [0, 0.1) is 5.82 Å². The molecule has 2 aromatic heterocycles. The average Bonchev–Trinajstić information content (AvgIpc) is 3.42. The molecule has 1 aliphatic rings. The fraction of sp³-hybridized carbons (Fsp3) is 0.130. The van der Waals surface area contributed by atoms with Crippen LogP contribution in [0.2, 0.25) is 0 Å². The van der Waals surface area contributed by atoms with Gasteiger partial charge in [0.25, 0.3) is 5.91 Å². The molecule has 0 spiro atoms. The number of rotatable bonds is 3. The van der Waals surface area contributed by atoms with Crippen LogP contribution in [0.15, 0.2) is 65.4 Å². The highest BCUT2D eigenvalue weighted by molar-refractivity contribution is 7.19. The van der Waals surface area contributed by atoms with E-state index in [-0.39, 0.29) is 11.7 Å². The topological polar surface area (TPSA) is 58.4 Å². The number of hydrogen-bond acceptors (Lipinski definition) is 5. The molecule has 2 aromatic carbocycles. The molecule has 0 fully saturated rings. The van der Waals surface area contributed by atoms with Gasteiger partial charge in [-0.2, -0.15) is 0 Å². The molecule has 0 saturated carbocycles. The number of aromatic nitrogens is 1. The summed E-state index contributed by atoms with van der Waals surface area (Å²) in [6, 6.07) is 14.0. The Balaban J connectivity index is 1.58. The van der Waals surface area contributed by atoms with E-state index in [2.05, 4.69) is 16.4 Å². The number of nitrogens with one attached hydrogen (secondary N) is 1. The molecule has 1 N–H and O–H groups in total. The first-order valence-corrected chi connectivity index (χ1v) is 10.4. The van der Waals surface area contributed by atoms with Crippen molar-refractivity contribution in [2.24, 2.45) is 0 Å². The number of amides is 1. The Kier molecular flexibility index (Phi) is 4.59. The molecule has 0 bridgehead atoms. The van der Waals surface area contributed by atoms with Crippen molar-refractivity contribution in [1.29, 1.82) is 0 Å². The molecule has 0 saturated heterocycles. The van der Waals surface area contributed by atoms with E-state index in [1.807, 2.05) is 19.2 Å². The number of hydrogen-bond donors (Lipinski definition) is 1. The van der Waals surface area contributed by atoms with Crippen LogP contribution in [0.4, 0.5) is 15.8 Å². The number of oxazole rings is 1. The molecule has 1 amide bonds. The predicted molar refractivity (Wildman–Crippen MR) is 117 cm³/mol. The number of anilines is 2. The van der Waals surface area contributed by atoms with Crippen LogP contribution < -0.4 is 10.2 Å². The lowest BCUT2D eigenvalue weighted by Gasteiger charge is -2.23. The Hall–Kier alpha value is -3.45. The van der Waals surface area contributed by atoms with Gasteiger partial charge >= 0.3 is 0 Å². The summed E-state index contributed by atoms with van der Waals surface area (Å²) in [4.78, 5) is 21.2. The van der Waals surface area contributed by atoms with Crippen LogP contribution in [0.3, 0.4) is 0 Å². The minimum absolute atomic E-state index is 0.146. The molecule has 0 radical (unpaired) electrons. The second-order valence-electron chi connectivity index (χ2n) is 7.00. The van der Waals surface area contributed by atoms with E-state index in [0.29, 0.717) is 30.1 Å². The zero-order chi connectivity index (χ0) is 20.7. The zero-order valence-corrected chi connectivity index (χ0v) is 17.0. The molecule has 30 heavy (non-hydrogen) atoms. The fourth-order valence-corrected chi connectivity index (χ4v) is 4.90. The van der Waals surface area contributed by atoms with E-state index in [0.717, 1.165) is 26.6 Å². The molecule has 4 aromatic rings. The normalized spacial score (nSPS) is 12.8. The van der Waals surface area contributed by atoms with Gasteiger partial charge in [-0.25, -0.2) is 9.37 Å². The Morgan fingerprint density at radius 2 is 2.03 bits per heavy atom. The maximum absolute atomic E-state index is 14.2. The minimum atomic E-state index is -0.370. The Morgan fingerprint density at radius 1 is 1.20 bits per heavy atom. The second kappa shape index (κ2) is 7.42. The van der Waals surface area contributed by atoms with Crippen molar-refractivity contribution >= 4 is 28.6 Å². The average molecular weight is 419 g/mol. The quantitative estimate of drug-likeness (QED) is 0.479.